The van der Waals surface area contributed by atoms with Crippen molar-refractivity contribution in [2.75, 3.05) is 6.54 Å². The van der Waals surface area contributed by atoms with Crippen LogP contribution in [0.25, 0.3) is 0 Å². The molecule has 2 rings (SSSR count). The molecule has 1 amide bonds. The molecule has 3 heteroatoms. The predicted octanol–water partition coefficient (Wildman–Crippen LogP) is 2.61. The second-order valence-electron chi connectivity index (χ2n) is 5.64. The molecule has 1 aliphatic carbocycles. The third-order valence-corrected chi connectivity index (χ3v) is 4.00. The van der Waals surface area contributed by atoms with Gasteiger partial charge in [-0.2, -0.15) is 0 Å². The summed E-state index contributed by atoms with van der Waals surface area (Å²) < 4.78 is 0. The zero-order valence-electron chi connectivity index (χ0n) is 11.4. The Bertz CT molecular complexity index is 395. The van der Waals surface area contributed by atoms with E-state index in [1.165, 1.54) is 12.8 Å². The van der Waals surface area contributed by atoms with Crippen molar-refractivity contribution in [2.45, 2.75) is 58.0 Å². The first-order chi connectivity index (χ1) is 8.60. The molecule has 0 atom stereocenters. The molecule has 18 heavy (non-hydrogen) atoms. The summed E-state index contributed by atoms with van der Waals surface area (Å²) >= 11 is 0. The van der Waals surface area contributed by atoms with Crippen LogP contribution in [-0.2, 0) is 4.79 Å². The lowest BCUT2D eigenvalue weighted by Gasteiger charge is -2.34. The highest BCUT2D eigenvalue weighted by Crippen LogP contribution is 2.38. The lowest BCUT2D eigenvalue weighted by molar-refractivity contribution is -0.127. The molecule has 0 saturated heterocycles. The molecule has 1 spiro atoms. The maximum Gasteiger partial charge on any atom is 0.270 e. The zero-order valence-corrected chi connectivity index (χ0v) is 11.4. The summed E-state index contributed by atoms with van der Waals surface area (Å²) in [7, 11) is 0. The van der Waals surface area contributed by atoms with Crippen molar-refractivity contribution < 1.29 is 4.79 Å². The van der Waals surface area contributed by atoms with E-state index < -0.39 is 0 Å². The fraction of sp³-hybridized carbons (Fsp3) is 0.733. The smallest absolute Gasteiger partial charge is 0.270 e. The SMILES string of the molecule is C#CCN1C(=O)C(C(C)C)=NC12CCCCCC2. The Morgan fingerprint density at radius 2 is 1.94 bits per heavy atom. The van der Waals surface area contributed by atoms with Crippen LogP contribution < -0.4 is 0 Å². The molecule has 3 nitrogen and oxygen atoms in total. The van der Waals surface area contributed by atoms with Gasteiger partial charge in [0.05, 0.1) is 6.54 Å². The van der Waals surface area contributed by atoms with Crippen LogP contribution in [0.2, 0.25) is 0 Å². The summed E-state index contributed by atoms with van der Waals surface area (Å²) in [6.07, 6.45) is 12.1. The van der Waals surface area contributed by atoms with E-state index in [0.29, 0.717) is 12.3 Å². The van der Waals surface area contributed by atoms with E-state index in [1.54, 1.807) is 0 Å². The Morgan fingerprint density at radius 3 is 2.44 bits per heavy atom. The zero-order chi connectivity index (χ0) is 13.2. The van der Waals surface area contributed by atoms with Crippen molar-refractivity contribution in [1.29, 1.82) is 0 Å². The quantitative estimate of drug-likeness (QED) is 0.689. The van der Waals surface area contributed by atoms with Gasteiger partial charge in [-0.05, 0) is 25.7 Å². The summed E-state index contributed by atoms with van der Waals surface area (Å²) in [5.74, 6) is 2.86. The second-order valence-corrected chi connectivity index (χ2v) is 5.64. The second kappa shape index (κ2) is 5.14. The Balaban J connectivity index is 2.34. The maximum absolute atomic E-state index is 12.4. The van der Waals surface area contributed by atoms with Crippen LogP contribution in [0.4, 0.5) is 0 Å². The monoisotopic (exact) mass is 246 g/mol. The Hall–Kier alpha value is -1.30. The Kier molecular flexibility index (Phi) is 3.75. The minimum atomic E-state index is -0.320. The lowest BCUT2D eigenvalue weighted by atomic mass is 10.00. The molecule has 1 fully saturated rings. The third kappa shape index (κ3) is 2.16. The summed E-state index contributed by atoms with van der Waals surface area (Å²) in [4.78, 5) is 19.1. The van der Waals surface area contributed by atoms with Gasteiger partial charge < -0.3 is 4.90 Å². The fourth-order valence-electron chi connectivity index (χ4n) is 3.02. The fourth-order valence-corrected chi connectivity index (χ4v) is 3.02. The van der Waals surface area contributed by atoms with E-state index in [0.717, 1.165) is 25.7 Å². The number of hydrogen-bond donors (Lipinski definition) is 0. The van der Waals surface area contributed by atoms with Crippen LogP contribution in [0.3, 0.4) is 0 Å². The number of amides is 1. The van der Waals surface area contributed by atoms with Crippen molar-refractivity contribution >= 4 is 11.6 Å². The molecule has 0 unspecified atom stereocenters. The van der Waals surface area contributed by atoms with E-state index in [4.69, 9.17) is 11.4 Å². The van der Waals surface area contributed by atoms with Gasteiger partial charge in [-0.3, -0.25) is 9.79 Å². The summed E-state index contributed by atoms with van der Waals surface area (Å²) in [5.41, 5.74) is 0.395. The molecular formula is C15H22N2O. The first kappa shape index (κ1) is 13.1. The van der Waals surface area contributed by atoms with Crippen molar-refractivity contribution in [3.05, 3.63) is 0 Å². The molecule has 0 aromatic rings. The largest absolute Gasteiger partial charge is 0.302 e. The summed E-state index contributed by atoms with van der Waals surface area (Å²) in [6.45, 7) is 4.44. The summed E-state index contributed by atoms with van der Waals surface area (Å²) in [5, 5.41) is 0. The molecule has 0 radical (unpaired) electrons. The predicted molar refractivity (Wildman–Crippen MR) is 73.3 cm³/mol. The summed E-state index contributed by atoms with van der Waals surface area (Å²) in [6, 6.07) is 0. The Morgan fingerprint density at radius 1 is 1.33 bits per heavy atom. The number of hydrogen-bond acceptors (Lipinski definition) is 2. The first-order valence-corrected chi connectivity index (χ1v) is 6.96. The van der Waals surface area contributed by atoms with Gasteiger partial charge in [0.1, 0.15) is 11.4 Å². The van der Waals surface area contributed by atoms with Crippen LogP contribution in [0.15, 0.2) is 4.99 Å². The van der Waals surface area contributed by atoms with E-state index in [1.807, 2.05) is 18.7 Å². The normalized spacial score (nSPS) is 23.1. The van der Waals surface area contributed by atoms with Crippen LogP contribution in [0.5, 0.6) is 0 Å². The minimum Gasteiger partial charge on any atom is -0.302 e. The number of nitrogens with zero attached hydrogens (tertiary/aromatic N) is 2. The van der Waals surface area contributed by atoms with Crippen LogP contribution in [0.1, 0.15) is 52.4 Å². The van der Waals surface area contributed by atoms with Crippen molar-refractivity contribution in [3.63, 3.8) is 0 Å². The molecule has 0 aromatic carbocycles. The number of rotatable bonds is 2. The number of aliphatic imine (C=N–C) groups is 1. The molecule has 1 saturated carbocycles. The molecule has 0 bridgehead atoms. The van der Waals surface area contributed by atoms with E-state index in [9.17, 15) is 4.79 Å². The first-order valence-electron chi connectivity index (χ1n) is 6.96. The molecule has 2 aliphatic rings. The number of carbonyl (C=O) groups is 1. The molecule has 1 aliphatic heterocycles. The number of carbonyl (C=O) groups excluding carboxylic acids is 1. The van der Waals surface area contributed by atoms with Crippen LogP contribution >= 0.6 is 0 Å². The molecule has 0 N–H and O–H groups in total. The van der Waals surface area contributed by atoms with Gasteiger partial charge in [-0.15, -0.1) is 6.42 Å². The highest BCUT2D eigenvalue weighted by Gasteiger charge is 2.46. The average molecular weight is 246 g/mol. The van der Waals surface area contributed by atoms with Gasteiger partial charge in [0.25, 0.3) is 5.91 Å². The van der Waals surface area contributed by atoms with Crippen molar-refractivity contribution in [2.24, 2.45) is 10.9 Å². The maximum atomic E-state index is 12.4. The van der Waals surface area contributed by atoms with Crippen molar-refractivity contribution in [3.8, 4) is 12.3 Å². The minimum absolute atomic E-state index is 0.0600. The van der Waals surface area contributed by atoms with Gasteiger partial charge in [-0.25, -0.2) is 0 Å². The van der Waals surface area contributed by atoms with Gasteiger partial charge in [-0.1, -0.05) is 32.6 Å². The van der Waals surface area contributed by atoms with Crippen LogP contribution in [0, 0.1) is 18.3 Å². The molecule has 98 valence electrons. The average Bonchev–Trinajstić information content (AvgIpc) is 2.52. The third-order valence-electron chi connectivity index (χ3n) is 4.00. The molecular weight excluding hydrogens is 224 g/mol. The topological polar surface area (TPSA) is 32.7 Å². The van der Waals surface area contributed by atoms with E-state index in [-0.39, 0.29) is 17.5 Å². The van der Waals surface area contributed by atoms with Crippen molar-refractivity contribution in [1.82, 2.24) is 4.90 Å². The molecule has 1 heterocycles. The van der Waals surface area contributed by atoms with Gasteiger partial charge in [0, 0.05) is 5.92 Å². The highest BCUT2D eigenvalue weighted by molar-refractivity contribution is 6.41. The molecule has 0 aromatic heterocycles. The van der Waals surface area contributed by atoms with Gasteiger partial charge in [0.2, 0.25) is 0 Å². The van der Waals surface area contributed by atoms with Gasteiger partial charge >= 0.3 is 0 Å². The van der Waals surface area contributed by atoms with E-state index >= 15 is 0 Å². The standard InChI is InChI=1S/C15H22N2O/c1-4-11-17-14(18)13(12(2)3)16-15(17)9-7-5-6-8-10-15/h1,12H,5-11H2,2-3H3. The van der Waals surface area contributed by atoms with E-state index in [2.05, 4.69) is 5.92 Å². The van der Waals surface area contributed by atoms with Crippen LogP contribution in [-0.4, -0.2) is 28.7 Å². The Labute approximate surface area is 110 Å². The highest BCUT2D eigenvalue weighted by atomic mass is 16.2. The lowest BCUT2D eigenvalue weighted by Crippen LogP contribution is -2.47. The number of terminal acetylenes is 1. The van der Waals surface area contributed by atoms with Gasteiger partial charge in [0.15, 0.2) is 0 Å².